The summed E-state index contributed by atoms with van der Waals surface area (Å²) in [5, 5.41) is -0.342. The van der Waals surface area contributed by atoms with E-state index in [1.807, 2.05) is 0 Å². The first-order valence-corrected chi connectivity index (χ1v) is 8.23. The van der Waals surface area contributed by atoms with Crippen LogP contribution in [0.4, 0.5) is 17.6 Å². The summed E-state index contributed by atoms with van der Waals surface area (Å²) < 4.78 is 74.8. The standard InChI is InChI=1S/C13H11ClF4N4OS/c1-22(24(19,23)9-5-20-7-21-6-9)12(13(16,17)18)8-2-3-10(14)11(15)4-8/h2-7,12,19H,1H3/t12-,24+/m1/s1. The Morgan fingerprint density at radius 2 is 1.88 bits per heavy atom. The van der Waals surface area contributed by atoms with Crippen LogP contribution in [-0.4, -0.2) is 31.7 Å². The molecule has 11 heteroatoms. The summed E-state index contributed by atoms with van der Waals surface area (Å²) in [4.78, 5) is 6.82. The summed E-state index contributed by atoms with van der Waals surface area (Å²) in [6.07, 6.45) is -1.83. The molecule has 24 heavy (non-hydrogen) atoms. The van der Waals surface area contributed by atoms with E-state index in [1.54, 1.807) is 0 Å². The van der Waals surface area contributed by atoms with E-state index in [4.69, 9.17) is 16.4 Å². The third-order valence-corrected chi connectivity index (χ3v) is 5.37. The second kappa shape index (κ2) is 6.61. The molecule has 0 saturated heterocycles. The Hall–Kier alpha value is -1.78. The zero-order valence-electron chi connectivity index (χ0n) is 12.1. The summed E-state index contributed by atoms with van der Waals surface area (Å²) in [5.74, 6) is -1.05. The minimum atomic E-state index is -4.91. The van der Waals surface area contributed by atoms with E-state index >= 15 is 0 Å². The average molecular weight is 383 g/mol. The number of nitrogens with one attached hydrogen (secondary N) is 1. The van der Waals surface area contributed by atoms with Crippen molar-refractivity contribution in [2.75, 3.05) is 7.05 Å². The van der Waals surface area contributed by atoms with Gasteiger partial charge >= 0.3 is 6.18 Å². The van der Waals surface area contributed by atoms with Crippen LogP contribution in [-0.2, 0) is 9.92 Å². The van der Waals surface area contributed by atoms with Crippen LogP contribution in [0.25, 0.3) is 0 Å². The molecule has 1 aromatic heterocycles. The van der Waals surface area contributed by atoms with Gasteiger partial charge in [0, 0.05) is 19.4 Å². The molecule has 1 heterocycles. The minimum Gasteiger partial charge on any atom is -0.243 e. The lowest BCUT2D eigenvalue weighted by Gasteiger charge is -2.31. The summed E-state index contributed by atoms with van der Waals surface area (Å²) in [7, 11) is -3.19. The molecule has 0 saturated carbocycles. The van der Waals surface area contributed by atoms with E-state index in [0.717, 1.165) is 37.9 Å². The molecule has 2 aromatic rings. The fourth-order valence-corrected chi connectivity index (χ4v) is 3.43. The number of hydrogen-bond donors (Lipinski definition) is 1. The number of benzene rings is 1. The van der Waals surface area contributed by atoms with Crippen molar-refractivity contribution in [2.24, 2.45) is 0 Å². The van der Waals surface area contributed by atoms with Crippen LogP contribution in [0, 0.1) is 10.6 Å². The largest absolute Gasteiger partial charge is 0.409 e. The number of hydrogen-bond acceptors (Lipinski definition) is 4. The van der Waals surface area contributed by atoms with E-state index < -0.39 is 33.5 Å². The lowest BCUT2D eigenvalue weighted by Crippen LogP contribution is -2.39. The van der Waals surface area contributed by atoms with Gasteiger partial charge in [0.15, 0.2) is 0 Å². The Morgan fingerprint density at radius 3 is 2.38 bits per heavy atom. The average Bonchev–Trinajstić information content (AvgIpc) is 2.50. The normalized spacial score (nSPS) is 16.0. The van der Waals surface area contributed by atoms with Gasteiger partial charge in [-0.2, -0.15) is 13.2 Å². The van der Waals surface area contributed by atoms with E-state index in [-0.39, 0.29) is 9.92 Å². The first kappa shape index (κ1) is 18.6. The molecule has 1 N–H and O–H groups in total. The first-order chi connectivity index (χ1) is 11.0. The smallest absolute Gasteiger partial charge is 0.243 e. The molecule has 0 radical (unpaired) electrons. The topological polar surface area (TPSA) is 69.9 Å². The summed E-state index contributed by atoms with van der Waals surface area (Å²) in [5.41, 5.74) is -0.524. The lowest BCUT2D eigenvalue weighted by atomic mass is 10.1. The molecule has 0 amide bonds. The molecule has 0 aliphatic rings. The predicted molar refractivity (Wildman–Crippen MR) is 79.1 cm³/mol. The number of alkyl halides is 3. The Bertz CT molecular complexity index is 830. The molecule has 0 unspecified atom stereocenters. The van der Waals surface area contributed by atoms with E-state index in [9.17, 15) is 21.8 Å². The van der Waals surface area contributed by atoms with Gasteiger partial charge in [0.2, 0.25) is 0 Å². The molecular weight excluding hydrogens is 372 g/mol. The van der Waals surface area contributed by atoms with Crippen molar-refractivity contribution in [1.82, 2.24) is 14.3 Å². The highest BCUT2D eigenvalue weighted by molar-refractivity contribution is 7.90. The zero-order chi connectivity index (χ0) is 18.1. The Balaban J connectivity index is 2.54. The molecule has 2 atom stereocenters. The van der Waals surface area contributed by atoms with Gasteiger partial charge in [-0.3, -0.25) is 0 Å². The molecule has 2 rings (SSSR count). The molecule has 130 valence electrons. The molecule has 0 spiro atoms. The van der Waals surface area contributed by atoms with Crippen LogP contribution >= 0.6 is 11.6 Å². The summed E-state index contributed by atoms with van der Waals surface area (Å²) in [6, 6.07) is 0.0656. The van der Waals surface area contributed by atoms with Gasteiger partial charge in [-0.1, -0.05) is 17.7 Å². The van der Waals surface area contributed by atoms with Gasteiger partial charge in [0.25, 0.3) is 0 Å². The van der Waals surface area contributed by atoms with Gasteiger partial charge in [0.1, 0.15) is 28.1 Å². The first-order valence-electron chi connectivity index (χ1n) is 6.33. The van der Waals surface area contributed by atoms with Gasteiger partial charge in [-0.15, -0.1) is 0 Å². The molecule has 1 aromatic carbocycles. The van der Waals surface area contributed by atoms with Crippen LogP contribution in [0.15, 0.2) is 41.8 Å². The van der Waals surface area contributed by atoms with Crippen molar-refractivity contribution in [1.29, 1.82) is 4.78 Å². The monoisotopic (exact) mass is 382 g/mol. The Kier molecular flexibility index (Phi) is 5.11. The Labute approximate surface area is 140 Å². The zero-order valence-corrected chi connectivity index (χ0v) is 13.7. The third kappa shape index (κ3) is 3.65. The SMILES string of the molecule is CN([C@H](c1ccc(Cl)c(F)c1)C(F)(F)F)[S@](=N)(=O)c1cncnc1. The van der Waals surface area contributed by atoms with Gasteiger partial charge in [-0.05, 0) is 17.7 Å². The maximum atomic E-state index is 13.6. The maximum absolute atomic E-state index is 13.6. The maximum Gasteiger partial charge on any atom is 0.409 e. The molecule has 0 fully saturated rings. The van der Waals surface area contributed by atoms with E-state index in [1.165, 1.54) is 0 Å². The summed E-state index contributed by atoms with van der Waals surface area (Å²) in [6.45, 7) is 0. The Morgan fingerprint density at radius 1 is 1.29 bits per heavy atom. The van der Waals surface area contributed by atoms with E-state index in [0.29, 0.717) is 10.4 Å². The van der Waals surface area contributed by atoms with Crippen molar-refractivity contribution >= 4 is 21.5 Å². The molecule has 0 aliphatic carbocycles. The lowest BCUT2D eigenvalue weighted by molar-refractivity contribution is -0.170. The van der Waals surface area contributed by atoms with Crippen molar-refractivity contribution in [2.45, 2.75) is 17.1 Å². The number of rotatable bonds is 4. The second-order valence-corrected chi connectivity index (χ2v) is 7.27. The van der Waals surface area contributed by atoms with Crippen LogP contribution in [0.1, 0.15) is 11.6 Å². The van der Waals surface area contributed by atoms with Gasteiger partial charge in [0.05, 0.1) is 9.92 Å². The predicted octanol–water partition coefficient (Wildman–Crippen LogP) is 3.83. The van der Waals surface area contributed by atoms with Gasteiger partial charge in [-0.25, -0.2) is 27.7 Å². The van der Waals surface area contributed by atoms with Crippen molar-refractivity contribution in [3.8, 4) is 0 Å². The quantitative estimate of drug-likeness (QED) is 0.817. The number of aromatic nitrogens is 2. The van der Waals surface area contributed by atoms with Crippen LogP contribution in [0.2, 0.25) is 5.02 Å². The van der Waals surface area contributed by atoms with Crippen LogP contribution in [0.3, 0.4) is 0 Å². The highest BCUT2D eigenvalue weighted by atomic mass is 35.5. The molecular formula is C13H11ClF4N4OS. The fraction of sp³-hybridized carbons (Fsp3) is 0.231. The van der Waals surface area contributed by atoms with Crippen LogP contribution < -0.4 is 0 Å². The van der Waals surface area contributed by atoms with Crippen molar-refractivity contribution in [3.05, 3.63) is 53.3 Å². The molecule has 5 nitrogen and oxygen atoms in total. The van der Waals surface area contributed by atoms with Crippen LogP contribution in [0.5, 0.6) is 0 Å². The third-order valence-electron chi connectivity index (χ3n) is 3.19. The molecule has 0 bridgehead atoms. The van der Waals surface area contributed by atoms with Gasteiger partial charge < -0.3 is 0 Å². The minimum absolute atomic E-state index is 0.295. The number of halogens is 5. The van der Waals surface area contributed by atoms with E-state index in [2.05, 4.69) is 9.97 Å². The van der Waals surface area contributed by atoms with Crippen molar-refractivity contribution < 1.29 is 21.8 Å². The molecule has 0 aliphatic heterocycles. The summed E-state index contributed by atoms with van der Waals surface area (Å²) >= 11 is 5.49. The second-order valence-electron chi connectivity index (χ2n) is 4.76. The van der Waals surface area contributed by atoms with Crippen molar-refractivity contribution in [3.63, 3.8) is 0 Å². The fourth-order valence-electron chi connectivity index (χ4n) is 2.03. The highest BCUT2D eigenvalue weighted by Crippen LogP contribution is 2.40. The highest BCUT2D eigenvalue weighted by Gasteiger charge is 2.47. The number of nitrogens with zero attached hydrogens (tertiary/aromatic N) is 3.